The predicted molar refractivity (Wildman–Crippen MR) is 152 cm³/mol. The second-order valence-electron chi connectivity index (χ2n) is 13.6. The van der Waals surface area contributed by atoms with Gasteiger partial charge in [0, 0.05) is 35.5 Å². The van der Waals surface area contributed by atoms with Gasteiger partial charge >= 0.3 is 17.9 Å². The fourth-order valence-electron chi connectivity index (χ4n) is 9.97. The average molecular weight is 591 g/mol. The highest BCUT2D eigenvalue weighted by Gasteiger charge is 2.80. The van der Waals surface area contributed by atoms with Gasteiger partial charge in [-0.05, 0) is 55.5 Å². The molecule has 43 heavy (non-hydrogen) atoms. The number of furan rings is 1. The summed E-state index contributed by atoms with van der Waals surface area (Å²) in [7, 11) is 1.36. The first-order chi connectivity index (χ1) is 20.5. The molecule has 228 valence electrons. The van der Waals surface area contributed by atoms with Crippen LogP contribution in [0.1, 0.15) is 68.8 Å². The van der Waals surface area contributed by atoms with E-state index in [1.807, 2.05) is 19.1 Å². The van der Waals surface area contributed by atoms with Gasteiger partial charge in [0.05, 0.1) is 42.8 Å². The number of ether oxygens (including phenoxy) is 4. The van der Waals surface area contributed by atoms with Crippen molar-refractivity contribution >= 4 is 17.9 Å². The number of esters is 3. The van der Waals surface area contributed by atoms with E-state index in [4.69, 9.17) is 23.4 Å². The highest BCUT2D eigenvalue weighted by molar-refractivity contribution is 5.89. The second kappa shape index (κ2) is 9.53. The van der Waals surface area contributed by atoms with Gasteiger partial charge in [-0.2, -0.15) is 0 Å². The van der Waals surface area contributed by atoms with Crippen LogP contribution in [0.4, 0.5) is 0 Å². The summed E-state index contributed by atoms with van der Waals surface area (Å²) in [6.07, 6.45) is 0.730. The minimum atomic E-state index is -1.27. The Hall–Kier alpha value is -3.43. The first-order valence-corrected chi connectivity index (χ1v) is 15.1. The molecule has 1 aromatic carbocycles. The molecule has 2 aromatic rings. The van der Waals surface area contributed by atoms with Gasteiger partial charge in [-0.3, -0.25) is 9.59 Å². The van der Waals surface area contributed by atoms with Crippen LogP contribution >= 0.6 is 0 Å². The van der Waals surface area contributed by atoms with Crippen LogP contribution in [0.25, 0.3) is 0 Å². The molecule has 11 atom stereocenters. The first-order valence-electron chi connectivity index (χ1n) is 15.1. The minimum absolute atomic E-state index is 0.0200. The number of hydrogen-bond acceptors (Lipinski definition) is 9. The number of carbonyl (C=O) groups is 3. The monoisotopic (exact) mass is 590 g/mol. The van der Waals surface area contributed by atoms with Crippen molar-refractivity contribution in [3.05, 3.63) is 71.2 Å². The van der Waals surface area contributed by atoms with E-state index in [1.165, 1.54) is 7.11 Å². The molecule has 9 heteroatoms. The van der Waals surface area contributed by atoms with Crippen molar-refractivity contribution in [1.29, 1.82) is 0 Å². The summed E-state index contributed by atoms with van der Waals surface area (Å²) in [5.74, 6) is -2.38. The number of hydrogen-bond donors (Lipinski definition) is 1. The average Bonchev–Trinajstić information content (AvgIpc) is 3.75. The van der Waals surface area contributed by atoms with E-state index in [0.29, 0.717) is 12.0 Å². The van der Waals surface area contributed by atoms with E-state index in [-0.39, 0.29) is 24.9 Å². The largest absolute Gasteiger partial charge is 0.472 e. The van der Waals surface area contributed by atoms with Crippen LogP contribution in [0.5, 0.6) is 0 Å². The van der Waals surface area contributed by atoms with Crippen molar-refractivity contribution < 1.29 is 42.9 Å². The van der Waals surface area contributed by atoms with Crippen molar-refractivity contribution in [2.75, 3.05) is 7.11 Å². The number of allylic oxidation sites excluding steroid dienone is 1. The van der Waals surface area contributed by atoms with E-state index in [0.717, 1.165) is 16.7 Å². The van der Waals surface area contributed by atoms with Crippen LogP contribution in [0.2, 0.25) is 0 Å². The molecule has 1 N–H and O–H groups in total. The number of rotatable bonds is 5. The van der Waals surface area contributed by atoms with Crippen molar-refractivity contribution in [2.45, 2.75) is 83.4 Å². The number of methoxy groups -OCH3 is 1. The third-order valence-electron chi connectivity index (χ3n) is 11.9. The van der Waals surface area contributed by atoms with Crippen LogP contribution < -0.4 is 0 Å². The predicted octanol–water partition coefficient (Wildman–Crippen LogP) is 4.59. The summed E-state index contributed by atoms with van der Waals surface area (Å²) in [6, 6.07) is 10.7. The maximum absolute atomic E-state index is 13.7. The third-order valence-corrected chi connectivity index (χ3v) is 11.9. The normalized spacial score (nSPS) is 42.6. The Morgan fingerprint density at radius 2 is 1.81 bits per heavy atom. The van der Waals surface area contributed by atoms with Gasteiger partial charge in [-0.15, -0.1) is 0 Å². The van der Waals surface area contributed by atoms with Crippen molar-refractivity contribution in [1.82, 2.24) is 0 Å². The van der Waals surface area contributed by atoms with Gasteiger partial charge in [-0.25, -0.2) is 4.79 Å². The highest BCUT2D eigenvalue weighted by Crippen LogP contribution is 2.74. The molecule has 0 bridgehead atoms. The molecule has 9 nitrogen and oxygen atoms in total. The molecular weight excluding hydrogens is 552 g/mol. The van der Waals surface area contributed by atoms with Gasteiger partial charge in [0.1, 0.15) is 18.3 Å². The first kappa shape index (κ1) is 28.3. The molecular formula is C34H38O9. The lowest BCUT2D eigenvalue weighted by Gasteiger charge is -2.64. The molecule has 1 aromatic heterocycles. The van der Waals surface area contributed by atoms with Gasteiger partial charge in [0.2, 0.25) is 0 Å². The maximum Gasteiger partial charge on any atom is 0.338 e. The Morgan fingerprint density at radius 1 is 1.07 bits per heavy atom. The van der Waals surface area contributed by atoms with Crippen molar-refractivity contribution in [3.8, 4) is 0 Å². The lowest BCUT2D eigenvalue weighted by molar-refractivity contribution is -0.242. The summed E-state index contributed by atoms with van der Waals surface area (Å²) < 4.78 is 30.0. The molecule has 2 aliphatic heterocycles. The summed E-state index contributed by atoms with van der Waals surface area (Å²) in [4.78, 5) is 40.5. The molecule has 0 radical (unpaired) electrons. The fourth-order valence-corrected chi connectivity index (χ4v) is 9.97. The Labute approximate surface area is 250 Å². The molecule has 11 unspecified atom stereocenters. The van der Waals surface area contributed by atoms with E-state index in [1.54, 1.807) is 43.7 Å². The number of aliphatic hydroxyl groups excluding tert-OH is 1. The van der Waals surface area contributed by atoms with Gasteiger partial charge in [0.25, 0.3) is 0 Å². The van der Waals surface area contributed by atoms with E-state index in [9.17, 15) is 19.5 Å². The number of aliphatic hydroxyl groups is 1. The minimum Gasteiger partial charge on any atom is -0.472 e. The fraction of sp³-hybridized carbons (Fsp3) is 0.559. The van der Waals surface area contributed by atoms with E-state index in [2.05, 4.69) is 13.8 Å². The highest BCUT2D eigenvalue weighted by atomic mass is 16.6. The topological polar surface area (TPSA) is 122 Å². The molecule has 3 aliphatic carbocycles. The number of fused-ring (bicyclic) bond motifs is 4. The quantitative estimate of drug-likeness (QED) is 0.303. The third kappa shape index (κ3) is 3.61. The summed E-state index contributed by atoms with van der Waals surface area (Å²) >= 11 is 0. The maximum atomic E-state index is 13.7. The van der Waals surface area contributed by atoms with Crippen LogP contribution in [0, 0.1) is 28.1 Å². The standard InChI is InChI=1S/C34H38O9/c1-17-20(19-11-12-40-16-19)13-21-26(17)33(3)22(14-25(36)39-5)32(2)24(42-30(37)18-9-7-6-8-10-18)15-23(35)34(4)28(32)27(29(33)41-21)43-31(34)38/h6-12,16,20-24,27-29,35H,13-15H2,1-5H3. The molecule has 2 saturated heterocycles. The van der Waals surface area contributed by atoms with Gasteiger partial charge in [-0.1, -0.05) is 37.6 Å². The molecule has 0 amide bonds. The summed E-state index contributed by atoms with van der Waals surface area (Å²) in [6.45, 7) is 7.95. The SMILES string of the molecule is COC(=O)CC1C2(C)C3=C(C)C(c4ccoc4)CC3OC2C2OC(=O)C3(C)C(O)CC(OC(=O)c4ccccc4)C1(C)C23. The smallest absolute Gasteiger partial charge is 0.338 e. The molecule has 5 aliphatic rings. The van der Waals surface area contributed by atoms with Crippen LogP contribution in [-0.4, -0.2) is 60.6 Å². The molecule has 7 rings (SSSR count). The Morgan fingerprint density at radius 3 is 2.49 bits per heavy atom. The zero-order chi connectivity index (χ0) is 30.5. The number of benzene rings is 1. The second-order valence-corrected chi connectivity index (χ2v) is 13.6. The van der Waals surface area contributed by atoms with E-state index < -0.39 is 70.4 Å². The lowest BCUT2D eigenvalue weighted by Crippen LogP contribution is -2.71. The zero-order valence-electron chi connectivity index (χ0n) is 25.1. The van der Waals surface area contributed by atoms with Crippen LogP contribution in [0.15, 0.2) is 64.5 Å². The van der Waals surface area contributed by atoms with Crippen molar-refractivity contribution in [2.24, 2.45) is 28.1 Å². The van der Waals surface area contributed by atoms with Gasteiger partial charge in [0.15, 0.2) is 0 Å². The Balaban J connectivity index is 1.41. The zero-order valence-corrected chi connectivity index (χ0v) is 25.1. The number of carbonyl (C=O) groups excluding carboxylic acids is 3. The Kier molecular flexibility index (Phi) is 6.28. The molecule has 2 saturated carbocycles. The lowest BCUT2D eigenvalue weighted by atomic mass is 9.39. The molecule has 3 heterocycles. The van der Waals surface area contributed by atoms with Crippen LogP contribution in [-0.2, 0) is 28.5 Å². The van der Waals surface area contributed by atoms with Gasteiger partial charge < -0.3 is 28.5 Å². The van der Waals surface area contributed by atoms with Crippen molar-refractivity contribution in [3.63, 3.8) is 0 Å². The summed E-state index contributed by atoms with van der Waals surface area (Å²) in [5, 5.41) is 11.6. The molecule has 0 spiro atoms. The Bertz CT molecular complexity index is 1500. The summed E-state index contributed by atoms with van der Waals surface area (Å²) in [5.41, 5.74) is 0.693. The molecule has 4 fully saturated rings. The van der Waals surface area contributed by atoms with Crippen LogP contribution in [0.3, 0.4) is 0 Å². The van der Waals surface area contributed by atoms with E-state index >= 15 is 0 Å².